The second-order valence-electron chi connectivity index (χ2n) is 5.91. The van der Waals surface area contributed by atoms with Crippen LogP contribution in [0.2, 0.25) is 0 Å². The molecule has 4 rings (SSSR count). The van der Waals surface area contributed by atoms with Gasteiger partial charge in [0.2, 0.25) is 0 Å². The average molecular weight is 248 g/mol. The summed E-state index contributed by atoms with van der Waals surface area (Å²) in [7, 11) is 0. The zero-order valence-corrected chi connectivity index (χ0v) is 10.5. The predicted octanol–water partition coefficient (Wildman–Crippen LogP) is 2.07. The molecule has 1 saturated heterocycles. The monoisotopic (exact) mass is 248 g/mol. The van der Waals surface area contributed by atoms with Crippen molar-refractivity contribution in [2.75, 3.05) is 6.61 Å². The van der Waals surface area contributed by atoms with Crippen LogP contribution < -0.4 is 0 Å². The molecule has 1 aliphatic heterocycles. The van der Waals surface area contributed by atoms with Gasteiger partial charge in [-0.2, -0.15) is 0 Å². The summed E-state index contributed by atoms with van der Waals surface area (Å²) in [4.78, 5) is 12.3. The van der Waals surface area contributed by atoms with Crippen LogP contribution >= 0.6 is 0 Å². The van der Waals surface area contributed by atoms with Crippen molar-refractivity contribution in [3.63, 3.8) is 0 Å². The number of esters is 1. The number of aliphatic hydroxyl groups is 1. The molecule has 0 aromatic carbocycles. The molecule has 3 nitrogen and oxygen atoms in total. The number of hydrogen-bond acceptors (Lipinski definition) is 3. The quantitative estimate of drug-likeness (QED) is 0.614. The van der Waals surface area contributed by atoms with Crippen LogP contribution in [-0.4, -0.2) is 23.8 Å². The highest BCUT2D eigenvalue weighted by Crippen LogP contribution is 2.57. The lowest BCUT2D eigenvalue weighted by molar-refractivity contribution is -0.151. The number of hydrogen-bond donors (Lipinski definition) is 1. The third-order valence-corrected chi connectivity index (χ3v) is 5.05. The van der Waals surface area contributed by atoms with Crippen LogP contribution in [0.5, 0.6) is 0 Å². The Morgan fingerprint density at radius 2 is 2.39 bits per heavy atom. The number of carbonyl (C=O) groups is 1. The van der Waals surface area contributed by atoms with Crippen molar-refractivity contribution in [1.29, 1.82) is 0 Å². The smallest absolute Gasteiger partial charge is 0.313 e. The summed E-state index contributed by atoms with van der Waals surface area (Å²) in [6.07, 6.45) is 9.24. The van der Waals surface area contributed by atoms with Crippen molar-refractivity contribution < 1.29 is 14.6 Å². The summed E-state index contributed by atoms with van der Waals surface area (Å²) in [5.41, 5.74) is -0.359. The number of ether oxygens (including phenoxy) is 1. The van der Waals surface area contributed by atoms with Crippen LogP contribution in [0.15, 0.2) is 24.8 Å². The average Bonchev–Trinajstić information content (AvgIpc) is 2.69. The molecule has 1 unspecified atom stereocenters. The largest absolute Gasteiger partial charge is 0.465 e. The van der Waals surface area contributed by atoms with Gasteiger partial charge in [0.05, 0.1) is 18.1 Å². The van der Waals surface area contributed by atoms with E-state index in [0.717, 1.165) is 12.8 Å². The Morgan fingerprint density at radius 1 is 1.56 bits per heavy atom. The predicted molar refractivity (Wildman–Crippen MR) is 67.7 cm³/mol. The highest BCUT2D eigenvalue weighted by Gasteiger charge is 2.59. The lowest BCUT2D eigenvalue weighted by Gasteiger charge is -2.46. The Morgan fingerprint density at radius 3 is 2.94 bits per heavy atom. The van der Waals surface area contributed by atoms with Crippen LogP contribution in [0.25, 0.3) is 0 Å². The third kappa shape index (κ3) is 1.57. The minimum Gasteiger partial charge on any atom is -0.465 e. The summed E-state index contributed by atoms with van der Waals surface area (Å²) in [5, 5.41) is 9.79. The molecule has 1 saturated carbocycles. The zero-order chi connectivity index (χ0) is 12.8. The van der Waals surface area contributed by atoms with E-state index in [1.807, 2.05) is 0 Å². The van der Waals surface area contributed by atoms with Gasteiger partial charge in [-0.1, -0.05) is 18.2 Å². The minimum atomic E-state index is -0.536. The Bertz CT molecular complexity index is 401. The van der Waals surface area contributed by atoms with E-state index >= 15 is 0 Å². The van der Waals surface area contributed by atoms with Crippen molar-refractivity contribution in [3.05, 3.63) is 24.8 Å². The zero-order valence-electron chi connectivity index (χ0n) is 10.5. The molecule has 0 amide bonds. The molecule has 18 heavy (non-hydrogen) atoms. The van der Waals surface area contributed by atoms with Crippen LogP contribution in [0, 0.1) is 23.2 Å². The maximum atomic E-state index is 12.3. The summed E-state index contributed by atoms with van der Waals surface area (Å²) in [5.74, 6) is 0.919. The molecular formula is C15H20O3. The van der Waals surface area contributed by atoms with E-state index in [0.29, 0.717) is 24.9 Å². The normalized spacial score (nSPS) is 43.2. The summed E-state index contributed by atoms with van der Waals surface area (Å²) in [6, 6.07) is 0. The van der Waals surface area contributed by atoms with Crippen molar-refractivity contribution >= 4 is 5.97 Å². The molecule has 1 N–H and O–H groups in total. The van der Waals surface area contributed by atoms with Gasteiger partial charge in [0.15, 0.2) is 0 Å². The summed E-state index contributed by atoms with van der Waals surface area (Å²) >= 11 is 0. The molecular weight excluding hydrogens is 228 g/mol. The Balaban J connectivity index is 1.89. The first kappa shape index (κ1) is 12.0. The SMILES string of the molecule is C=CC(O)C[C@H]1COC(=O)[C@@]12C[C@H]1C=C[C@@H]2CC1. The molecule has 3 heteroatoms. The van der Waals surface area contributed by atoms with Gasteiger partial charge in [0.1, 0.15) is 0 Å². The number of aliphatic hydroxyl groups excluding tert-OH is 1. The first-order chi connectivity index (χ1) is 8.66. The first-order valence-corrected chi connectivity index (χ1v) is 6.83. The fraction of sp³-hybridized carbons (Fsp3) is 0.667. The number of carbonyl (C=O) groups excluding carboxylic acids is 1. The van der Waals surface area contributed by atoms with Gasteiger partial charge in [0.25, 0.3) is 0 Å². The minimum absolute atomic E-state index is 0.0391. The highest BCUT2D eigenvalue weighted by atomic mass is 16.5. The van der Waals surface area contributed by atoms with Gasteiger partial charge in [-0.25, -0.2) is 0 Å². The van der Waals surface area contributed by atoms with Crippen LogP contribution in [-0.2, 0) is 9.53 Å². The number of fused-ring (bicyclic) bond motifs is 1. The molecule has 2 bridgehead atoms. The van der Waals surface area contributed by atoms with E-state index in [4.69, 9.17) is 4.74 Å². The van der Waals surface area contributed by atoms with Gasteiger partial charge in [-0.05, 0) is 37.5 Å². The second kappa shape index (κ2) is 4.23. The molecule has 0 radical (unpaired) electrons. The number of allylic oxidation sites excluding steroid dienone is 2. The molecule has 3 aliphatic carbocycles. The summed E-state index contributed by atoms with van der Waals surface area (Å²) < 4.78 is 5.34. The Hall–Kier alpha value is -1.09. The maximum absolute atomic E-state index is 12.3. The van der Waals surface area contributed by atoms with E-state index < -0.39 is 6.10 Å². The van der Waals surface area contributed by atoms with Gasteiger partial charge < -0.3 is 9.84 Å². The van der Waals surface area contributed by atoms with Crippen molar-refractivity contribution in [2.24, 2.45) is 23.2 Å². The lowest BCUT2D eigenvalue weighted by atomic mass is 9.54. The first-order valence-electron chi connectivity index (χ1n) is 6.83. The summed E-state index contributed by atoms with van der Waals surface area (Å²) in [6.45, 7) is 4.07. The van der Waals surface area contributed by atoms with E-state index in [1.54, 1.807) is 6.08 Å². The fourth-order valence-corrected chi connectivity index (χ4v) is 4.06. The Kier molecular flexibility index (Phi) is 2.81. The lowest BCUT2D eigenvalue weighted by Crippen LogP contribution is -2.47. The van der Waals surface area contributed by atoms with Crippen molar-refractivity contribution in [3.8, 4) is 0 Å². The third-order valence-electron chi connectivity index (χ3n) is 5.05. The molecule has 0 aromatic rings. The van der Waals surface area contributed by atoms with E-state index in [1.165, 1.54) is 6.42 Å². The molecule has 2 fully saturated rings. The van der Waals surface area contributed by atoms with E-state index in [9.17, 15) is 9.90 Å². The van der Waals surface area contributed by atoms with Crippen molar-refractivity contribution in [2.45, 2.75) is 31.8 Å². The number of rotatable bonds is 3. The standard InChI is InChI=1S/C15H20O3/c1-2-13(16)7-12-9-18-14(17)15(12)8-10-3-5-11(15)6-4-10/h2-3,5,10-13,16H,1,4,6-9H2/t10-,11+,12-,13?,15+/m0/s1. The van der Waals surface area contributed by atoms with Gasteiger partial charge in [0, 0.05) is 5.92 Å². The van der Waals surface area contributed by atoms with Crippen LogP contribution in [0.4, 0.5) is 0 Å². The maximum Gasteiger partial charge on any atom is 0.313 e. The van der Waals surface area contributed by atoms with Crippen LogP contribution in [0.1, 0.15) is 25.7 Å². The Labute approximate surface area is 108 Å². The molecule has 5 atom stereocenters. The van der Waals surface area contributed by atoms with Crippen LogP contribution in [0.3, 0.4) is 0 Å². The highest BCUT2D eigenvalue weighted by molar-refractivity contribution is 5.80. The molecule has 0 aromatic heterocycles. The van der Waals surface area contributed by atoms with E-state index in [2.05, 4.69) is 18.7 Å². The van der Waals surface area contributed by atoms with Crippen molar-refractivity contribution in [1.82, 2.24) is 0 Å². The molecule has 1 heterocycles. The van der Waals surface area contributed by atoms with E-state index in [-0.39, 0.29) is 17.3 Å². The number of cyclic esters (lactones) is 1. The second-order valence-corrected chi connectivity index (χ2v) is 5.91. The van der Waals surface area contributed by atoms with Gasteiger partial charge in [-0.15, -0.1) is 6.58 Å². The van der Waals surface area contributed by atoms with Gasteiger partial charge >= 0.3 is 5.97 Å². The molecule has 4 aliphatic rings. The topological polar surface area (TPSA) is 46.5 Å². The van der Waals surface area contributed by atoms with Gasteiger partial charge in [-0.3, -0.25) is 4.79 Å². The molecule has 1 spiro atoms. The molecule has 98 valence electrons. The fourth-order valence-electron chi connectivity index (χ4n) is 4.06.